The van der Waals surface area contributed by atoms with Crippen LogP contribution in [-0.4, -0.2) is 60.0 Å². The van der Waals surface area contributed by atoms with Crippen LogP contribution in [0.25, 0.3) is 11.4 Å². The summed E-state index contributed by atoms with van der Waals surface area (Å²) in [6.45, 7) is 1.65. The van der Waals surface area contributed by atoms with Gasteiger partial charge < -0.3 is 4.74 Å². The highest BCUT2D eigenvalue weighted by atomic mass is 32.2. The van der Waals surface area contributed by atoms with E-state index in [1.807, 2.05) is 12.3 Å². The Hall–Kier alpha value is -1.42. The quantitative estimate of drug-likeness (QED) is 0.527. The molecule has 0 atom stereocenters. The highest BCUT2D eigenvalue weighted by molar-refractivity contribution is 7.98. The summed E-state index contributed by atoms with van der Waals surface area (Å²) in [5, 5.41) is 9.76. The van der Waals surface area contributed by atoms with E-state index in [1.54, 1.807) is 30.0 Å². The number of rotatable bonds is 5. The van der Waals surface area contributed by atoms with Gasteiger partial charge in [0, 0.05) is 24.7 Å². The zero-order valence-corrected chi connectivity index (χ0v) is 18.4. The Balaban J connectivity index is 1.71. The predicted molar refractivity (Wildman–Crippen MR) is 114 cm³/mol. The minimum absolute atomic E-state index is 0.304. The third-order valence-electron chi connectivity index (χ3n) is 5.74. The second-order valence-corrected chi connectivity index (χ2v) is 10.3. The van der Waals surface area contributed by atoms with Crippen molar-refractivity contribution < 1.29 is 13.2 Å². The van der Waals surface area contributed by atoms with E-state index in [0.717, 1.165) is 29.4 Å². The average Bonchev–Trinajstić information content (AvgIpc) is 3.01. The molecule has 1 aliphatic carbocycles. The molecule has 2 fully saturated rings. The number of ether oxygens (including phenoxy) is 1. The first kappa shape index (κ1) is 20.8. The van der Waals surface area contributed by atoms with Crippen molar-refractivity contribution in [3.8, 4) is 11.4 Å². The summed E-state index contributed by atoms with van der Waals surface area (Å²) >= 11 is 1.59. The maximum atomic E-state index is 13.1. The molecule has 0 bridgehead atoms. The molecule has 29 heavy (non-hydrogen) atoms. The first-order valence-corrected chi connectivity index (χ1v) is 12.9. The smallest absolute Gasteiger partial charge is 0.243 e. The molecule has 1 aromatic heterocycles. The first-order chi connectivity index (χ1) is 14.1. The third-order valence-corrected chi connectivity index (χ3v) is 8.28. The fourth-order valence-corrected chi connectivity index (χ4v) is 6.20. The summed E-state index contributed by atoms with van der Waals surface area (Å²) in [5.74, 6) is 0.764. The summed E-state index contributed by atoms with van der Waals surface area (Å²) in [4.78, 5) is 0.304. The van der Waals surface area contributed by atoms with Crippen LogP contribution in [0.1, 0.15) is 44.6 Å². The lowest BCUT2D eigenvalue weighted by Gasteiger charge is -2.26. The molecule has 1 aromatic carbocycles. The van der Waals surface area contributed by atoms with Gasteiger partial charge in [-0.2, -0.15) is 4.31 Å². The minimum Gasteiger partial charge on any atom is -0.379 e. The number of hydrogen-bond donors (Lipinski definition) is 0. The van der Waals surface area contributed by atoms with Gasteiger partial charge in [0.2, 0.25) is 10.0 Å². The SMILES string of the molecule is CSc1nnc(-c2cccc(S(=O)(=O)N3CCOCC3)c2)n1C1CCCCCC1. The highest BCUT2D eigenvalue weighted by Crippen LogP contribution is 2.35. The summed E-state index contributed by atoms with van der Waals surface area (Å²) in [7, 11) is -3.54. The van der Waals surface area contributed by atoms with Crippen LogP contribution in [0.5, 0.6) is 0 Å². The van der Waals surface area contributed by atoms with Crippen molar-refractivity contribution in [3.05, 3.63) is 24.3 Å². The molecule has 0 N–H and O–H groups in total. The van der Waals surface area contributed by atoms with Crippen LogP contribution in [0.15, 0.2) is 34.3 Å². The fraction of sp³-hybridized carbons (Fsp3) is 0.600. The Morgan fingerprint density at radius 3 is 2.48 bits per heavy atom. The number of thioether (sulfide) groups is 1. The molecule has 1 saturated carbocycles. The van der Waals surface area contributed by atoms with Crippen LogP contribution >= 0.6 is 11.8 Å². The molecule has 1 saturated heterocycles. The molecule has 0 amide bonds. The lowest BCUT2D eigenvalue weighted by atomic mass is 10.1. The number of sulfonamides is 1. The number of aromatic nitrogens is 3. The second kappa shape index (κ2) is 9.16. The van der Waals surface area contributed by atoms with E-state index in [-0.39, 0.29) is 0 Å². The summed E-state index contributed by atoms with van der Waals surface area (Å²) in [6.07, 6.45) is 9.21. The van der Waals surface area contributed by atoms with Gasteiger partial charge in [-0.3, -0.25) is 4.57 Å². The summed E-state index contributed by atoms with van der Waals surface area (Å²) < 4.78 is 35.2. The van der Waals surface area contributed by atoms with Gasteiger partial charge in [-0.25, -0.2) is 8.42 Å². The molecule has 158 valence electrons. The van der Waals surface area contributed by atoms with Crippen molar-refractivity contribution in [2.24, 2.45) is 0 Å². The van der Waals surface area contributed by atoms with Gasteiger partial charge in [0.15, 0.2) is 11.0 Å². The van der Waals surface area contributed by atoms with Crippen LogP contribution in [0.4, 0.5) is 0 Å². The minimum atomic E-state index is -3.54. The van der Waals surface area contributed by atoms with Crippen molar-refractivity contribution in [1.82, 2.24) is 19.1 Å². The molecule has 2 aliphatic rings. The molecule has 0 spiro atoms. The van der Waals surface area contributed by atoms with E-state index >= 15 is 0 Å². The molecule has 2 aromatic rings. The van der Waals surface area contributed by atoms with E-state index in [9.17, 15) is 8.42 Å². The largest absolute Gasteiger partial charge is 0.379 e. The maximum Gasteiger partial charge on any atom is 0.243 e. The van der Waals surface area contributed by atoms with Crippen molar-refractivity contribution in [2.75, 3.05) is 32.6 Å². The van der Waals surface area contributed by atoms with Gasteiger partial charge in [-0.1, -0.05) is 49.6 Å². The van der Waals surface area contributed by atoms with Gasteiger partial charge in [-0.15, -0.1) is 10.2 Å². The zero-order chi connectivity index (χ0) is 20.3. The third kappa shape index (κ3) is 4.38. The Labute approximate surface area is 176 Å². The van der Waals surface area contributed by atoms with Crippen molar-refractivity contribution in [3.63, 3.8) is 0 Å². The number of nitrogens with zero attached hydrogens (tertiary/aromatic N) is 4. The zero-order valence-electron chi connectivity index (χ0n) is 16.8. The molecule has 4 rings (SSSR count). The molecule has 0 unspecified atom stereocenters. The summed E-state index contributed by atoms with van der Waals surface area (Å²) in [6, 6.07) is 7.50. The molecular formula is C20H28N4O3S2. The average molecular weight is 437 g/mol. The molecule has 0 radical (unpaired) electrons. The standard InChI is InChI=1S/C20H28N4O3S2/c1-28-20-22-21-19(24(20)17-8-4-2-3-5-9-17)16-7-6-10-18(15-16)29(25,26)23-11-13-27-14-12-23/h6-7,10,15,17H,2-5,8-9,11-14H2,1H3. The van der Waals surface area contributed by atoms with Crippen molar-refractivity contribution >= 4 is 21.8 Å². The van der Waals surface area contributed by atoms with Crippen molar-refractivity contribution in [1.29, 1.82) is 0 Å². The second-order valence-electron chi connectivity index (χ2n) is 7.57. The van der Waals surface area contributed by atoms with Crippen LogP contribution in [0, 0.1) is 0 Å². The molecule has 7 nitrogen and oxygen atoms in total. The Morgan fingerprint density at radius 2 is 1.79 bits per heavy atom. The number of hydrogen-bond acceptors (Lipinski definition) is 6. The fourth-order valence-electron chi connectivity index (χ4n) is 4.19. The summed E-state index contributed by atoms with van der Waals surface area (Å²) in [5.41, 5.74) is 0.802. The van der Waals surface area contributed by atoms with Gasteiger partial charge >= 0.3 is 0 Å². The molecule has 9 heteroatoms. The van der Waals surface area contributed by atoms with E-state index in [2.05, 4.69) is 14.8 Å². The van der Waals surface area contributed by atoms with Gasteiger partial charge in [0.1, 0.15) is 0 Å². The lowest BCUT2D eigenvalue weighted by Crippen LogP contribution is -2.40. The highest BCUT2D eigenvalue weighted by Gasteiger charge is 2.28. The molecule has 1 aliphatic heterocycles. The van der Waals surface area contributed by atoms with Gasteiger partial charge in [0.05, 0.1) is 18.1 Å². The van der Waals surface area contributed by atoms with Crippen LogP contribution in [-0.2, 0) is 14.8 Å². The molecular weight excluding hydrogens is 408 g/mol. The monoisotopic (exact) mass is 436 g/mol. The predicted octanol–water partition coefficient (Wildman–Crippen LogP) is 3.58. The Kier molecular flexibility index (Phi) is 6.58. The van der Waals surface area contributed by atoms with Gasteiger partial charge in [0.25, 0.3) is 0 Å². The Morgan fingerprint density at radius 1 is 1.07 bits per heavy atom. The van der Waals surface area contributed by atoms with E-state index in [4.69, 9.17) is 4.74 Å². The number of benzene rings is 1. The topological polar surface area (TPSA) is 77.3 Å². The van der Waals surface area contributed by atoms with Crippen LogP contribution in [0.3, 0.4) is 0 Å². The van der Waals surface area contributed by atoms with Gasteiger partial charge in [-0.05, 0) is 31.2 Å². The number of morpholine rings is 1. The van der Waals surface area contributed by atoms with E-state index < -0.39 is 10.0 Å². The first-order valence-electron chi connectivity index (χ1n) is 10.3. The van der Waals surface area contributed by atoms with Crippen molar-refractivity contribution in [2.45, 2.75) is 54.6 Å². The van der Waals surface area contributed by atoms with E-state index in [0.29, 0.717) is 37.2 Å². The molecule has 2 heterocycles. The maximum absolute atomic E-state index is 13.1. The lowest BCUT2D eigenvalue weighted by molar-refractivity contribution is 0.0730. The van der Waals surface area contributed by atoms with E-state index in [1.165, 1.54) is 30.0 Å². The Bertz CT molecular complexity index is 931. The van der Waals surface area contributed by atoms with Crippen LogP contribution < -0.4 is 0 Å². The normalized spacial score (nSPS) is 19.9. The van der Waals surface area contributed by atoms with Crippen LogP contribution in [0.2, 0.25) is 0 Å².